The number of aryl methyl sites for hydroxylation is 1. The molecule has 0 heterocycles. The molecule has 1 aromatic carbocycles. The second-order valence-corrected chi connectivity index (χ2v) is 2.79. The van der Waals surface area contributed by atoms with E-state index in [-0.39, 0.29) is 17.3 Å². The van der Waals surface area contributed by atoms with Gasteiger partial charge in [0.2, 0.25) is 6.54 Å². The fourth-order valence-corrected chi connectivity index (χ4v) is 1.06. The lowest BCUT2D eigenvalue weighted by Crippen LogP contribution is -2.01. The highest BCUT2D eigenvalue weighted by atomic mass is 19.1. The second-order valence-electron chi connectivity index (χ2n) is 2.79. The van der Waals surface area contributed by atoms with Crippen molar-refractivity contribution in [3.05, 3.63) is 45.8 Å². The predicted molar refractivity (Wildman–Crippen MR) is 46.6 cm³/mol. The third-order valence-electron chi connectivity index (χ3n) is 1.72. The zero-order valence-corrected chi connectivity index (χ0v) is 7.07. The Kier molecular flexibility index (Phi) is 3.37. The van der Waals surface area contributed by atoms with Gasteiger partial charge in [-0.1, -0.05) is 12.1 Å². The quantitative estimate of drug-likeness (QED) is 0.529. The Morgan fingerprint density at radius 1 is 1.31 bits per heavy atom. The van der Waals surface area contributed by atoms with Crippen LogP contribution in [0.3, 0.4) is 0 Å². The minimum Gasteiger partial charge on any atom is -0.265 e. The molecular weight excluding hydrogens is 173 g/mol. The number of hydrogen-bond acceptors (Lipinski definition) is 2. The number of hydrogen-bond donors (Lipinski definition) is 0. The molecule has 0 aromatic heterocycles. The highest BCUT2D eigenvalue weighted by molar-refractivity contribution is 5.15. The summed E-state index contributed by atoms with van der Waals surface area (Å²) in [5, 5.41) is 9.99. The molecule has 0 atom stereocenters. The first kappa shape index (κ1) is 9.64. The van der Waals surface area contributed by atoms with Gasteiger partial charge in [-0.25, -0.2) is 4.39 Å². The molecule has 0 N–H and O–H groups in total. The normalized spacial score (nSPS) is 9.92. The molecule has 0 aliphatic heterocycles. The molecule has 0 saturated carbocycles. The molecule has 0 aliphatic rings. The molecule has 1 aromatic rings. The van der Waals surface area contributed by atoms with E-state index < -0.39 is 0 Å². The van der Waals surface area contributed by atoms with Gasteiger partial charge < -0.3 is 0 Å². The van der Waals surface area contributed by atoms with Crippen LogP contribution in [0.5, 0.6) is 0 Å². The van der Waals surface area contributed by atoms with Gasteiger partial charge in [-0.15, -0.1) is 0 Å². The second kappa shape index (κ2) is 4.54. The number of rotatable bonds is 4. The summed E-state index contributed by atoms with van der Waals surface area (Å²) in [6.07, 6.45) is 1.12. The first-order valence-electron chi connectivity index (χ1n) is 4.05. The van der Waals surface area contributed by atoms with E-state index in [1.807, 2.05) is 0 Å². The van der Waals surface area contributed by atoms with E-state index in [2.05, 4.69) is 0 Å². The maximum Gasteiger partial charge on any atom is 0.204 e. The Balaban J connectivity index is 2.37. The monoisotopic (exact) mass is 183 g/mol. The lowest BCUT2D eigenvalue weighted by Gasteiger charge is -1.97. The first-order valence-corrected chi connectivity index (χ1v) is 4.05. The maximum absolute atomic E-state index is 12.4. The van der Waals surface area contributed by atoms with Crippen molar-refractivity contribution < 1.29 is 9.31 Å². The van der Waals surface area contributed by atoms with Crippen LogP contribution in [0.2, 0.25) is 0 Å². The standard InChI is InChI=1S/C9H10FNO2/c10-9-5-3-8(4-6-9)2-1-7-11(12)13/h3-6H,1-2,7H2. The molecule has 70 valence electrons. The van der Waals surface area contributed by atoms with E-state index in [0.29, 0.717) is 12.8 Å². The van der Waals surface area contributed by atoms with Crippen LogP contribution < -0.4 is 0 Å². The molecule has 0 radical (unpaired) electrons. The lowest BCUT2D eigenvalue weighted by molar-refractivity contribution is -0.480. The highest BCUT2D eigenvalue weighted by Gasteiger charge is 1.98. The summed E-state index contributed by atoms with van der Waals surface area (Å²) >= 11 is 0. The van der Waals surface area contributed by atoms with E-state index in [9.17, 15) is 14.5 Å². The summed E-state index contributed by atoms with van der Waals surface area (Å²) in [5.74, 6) is -0.280. The van der Waals surface area contributed by atoms with Gasteiger partial charge in [0.05, 0.1) is 0 Å². The highest BCUT2D eigenvalue weighted by Crippen LogP contribution is 2.05. The van der Waals surface area contributed by atoms with Crippen molar-refractivity contribution in [1.29, 1.82) is 0 Å². The molecule has 0 unspecified atom stereocenters. The molecule has 1 rings (SSSR count). The minimum absolute atomic E-state index is 0.0304. The average molecular weight is 183 g/mol. The smallest absolute Gasteiger partial charge is 0.204 e. The molecule has 4 heteroatoms. The molecule has 0 bridgehead atoms. The molecule has 0 fully saturated rings. The summed E-state index contributed by atoms with van der Waals surface area (Å²) < 4.78 is 12.4. The van der Waals surface area contributed by atoms with Crippen molar-refractivity contribution in [1.82, 2.24) is 0 Å². The zero-order valence-electron chi connectivity index (χ0n) is 7.07. The SMILES string of the molecule is O=[N+]([O-])CCCc1ccc(F)cc1. The van der Waals surface area contributed by atoms with Gasteiger partial charge in [-0.05, 0) is 24.1 Å². The topological polar surface area (TPSA) is 43.1 Å². The van der Waals surface area contributed by atoms with Crippen LogP contribution in [-0.2, 0) is 6.42 Å². The average Bonchev–Trinajstić information content (AvgIpc) is 2.08. The first-order chi connectivity index (χ1) is 6.18. The number of nitro groups is 1. The van der Waals surface area contributed by atoms with Gasteiger partial charge in [-0.3, -0.25) is 10.1 Å². The van der Waals surface area contributed by atoms with Crippen molar-refractivity contribution in [2.24, 2.45) is 0 Å². The zero-order chi connectivity index (χ0) is 9.68. The Morgan fingerprint density at radius 3 is 2.46 bits per heavy atom. The Hall–Kier alpha value is -1.45. The summed E-state index contributed by atoms with van der Waals surface area (Å²) in [5.41, 5.74) is 0.934. The summed E-state index contributed by atoms with van der Waals surface area (Å²) in [4.78, 5) is 9.65. The third-order valence-corrected chi connectivity index (χ3v) is 1.72. The predicted octanol–water partition coefficient (Wildman–Crippen LogP) is 2.04. The number of halogens is 1. The maximum atomic E-state index is 12.4. The number of nitrogens with zero attached hydrogens (tertiary/aromatic N) is 1. The van der Waals surface area contributed by atoms with Crippen LogP contribution in [-0.4, -0.2) is 11.5 Å². The van der Waals surface area contributed by atoms with E-state index in [1.54, 1.807) is 12.1 Å². The van der Waals surface area contributed by atoms with E-state index >= 15 is 0 Å². The van der Waals surface area contributed by atoms with Crippen molar-refractivity contribution in [3.8, 4) is 0 Å². The van der Waals surface area contributed by atoms with Gasteiger partial charge >= 0.3 is 0 Å². The molecule has 13 heavy (non-hydrogen) atoms. The Bertz CT molecular complexity index is 284. The molecular formula is C9H10FNO2. The summed E-state index contributed by atoms with van der Waals surface area (Å²) in [7, 11) is 0. The van der Waals surface area contributed by atoms with E-state index in [4.69, 9.17) is 0 Å². The fourth-order valence-electron chi connectivity index (χ4n) is 1.06. The van der Waals surface area contributed by atoms with Crippen LogP contribution in [0.25, 0.3) is 0 Å². The van der Waals surface area contributed by atoms with E-state index in [0.717, 1.165) is 5.56 Å². The van der Waals surface area contributed by atoms with Crippen LogP contribution in [0.1, 0.15) is 12.0 Å². The van der Waals surface area contributed by atoms with Gasteiger partial charge in [0.25, 0.3) is 0 Å². The minimum atomic E-state index is -0.344. The molecule has 0 spiro atoms. The van der Waals surface area contributed by atoms with Gasteiger partial charge in [0, 0.05) is 11.3 Å². The van der Waals surface area contributed by atoms with Crippen molar-refractivity contribution in [2.45, 2.75) is 12.8 Å². The van der Waals surface area contributed by atoms with Gasteiger partial charge in [0.15, 0.2) is 0 Å². The van der Waals surface area contributed by atoms with Crippen molar-refractivity contribution in [3.63, 3.8) is 0 Å². The van der Waals surface area contributed by atoms with Crippen LogP contribution in [0.4, 0.5) is 4.39 Å². The van der Waals surface area contributed by atoms with Crippen LogP contribution in [0.15, 0.2) is 24.3 Å². The third kappa shape index (κ3) is 3.64. The molecule has 0 saturated heterocycles. The van der Waals surface area contributed by atoms with Gasteiger partial charge in [-0.2, -0.15) is 0 Å². The molecule has 0 amide bonds. The molecule has 3 nitrogen and oxygen atoms in total. The van der Waals surface area contributed by atoms with Crippen LogP contribution >= 0.6 is 0 Å². The number of benzene rings is 1. The molecule has 0 aliphatic carbocycles. The van der Waals surface area contributed by atoms with E-state index in [1.165, 1.54) is 12.1 Å². The summed E-state index contributed by atoms with van der Waals surface area (Å²) in [6, 6.07) is 6.02. The lowest BCUT2D eigenvalue weighted by atomic mass is 10.1. The Morgan fingerprint density at radius 2 is 1.92 bits per heavy atom. The van der Waals surface area contributed by atoms with Crippen LogP contribution in [0, 0.1) is 15.9 Å². The summed E-state index contributed by atoms with van der Waals surface area (Å²) in [6.45, 7) is -0.0304. The Labute approximate surface area is 75.3 Å². The fraction of sp³-hybridized carbons (Fsp3) is 0.333. The largest absolute Gasteiger partial charge is 0.265 e. The van der Waals surface area contributed by atoms with Crippen molar-refractivity contribution >= 4 is 0 Å². The van der Waals surface area contributed by atoms with Crippen molar-refractivity contribution in [2.75, 3.05) is 6.54 Å². The van der Waals surface area contributed by atoms with Gasteiger partial charge in [0.1, 0.15) is 5.82 Å².